The highest BCUT2D eigenvalue weighted by atomic mass is 28.3. The minimum absolute atomic E-state index is 0.129. The summed E-state index contributed by atoms with van der Waals surface area (Å²) in [5.74, 6) is -1.11. The van der Waals surface area contributed by atoms with Crippen LogP contribution in [0.2, 0.25) is 25.7 Å². The van der Waals surface area contributed by atoms with E-state index < -0.39 is 19.9 Å². The Labute approximate surface area is 421 Å². The molecule has 4 aromatic carbocycles. The number of fused-ring (bicyclic) bond motifs is 2. The molecule has 0 atom stereocenters. The Bertz CT molecular complexity index is 3210. The second kappa shape index (κ2) is 21.2. The molecule has 0 spiro atoms. The molecule has 15 heteroatoms. The number of benzene rings is 4. The molecule has 2 amide bonds. The molecular weight excluding hydrogens is 919 g/mol. The van der Waals surface area contributed by atoms with E-state index in [1.807, 2.05) is 62.4 Å². The average molecular weight is 984 g/mol. The molecule has 4 N–H and O–H groups in total. The Morgan fingerprint density at radius 3 is 1.64 bits per heavy atom. The smallest absolute Gasteiger partial charge is 0.282 e. The number of carbonyl (C=O) groups excluding carboxylic acids is 3. The predicted octanol–water partition coefficient (Wildman–Crippen LogP) is 9.85. The number of primary amides is 2. The first kappa shape index (κ1) is 49.6. The summed E-state index contributed by atoms with van der Waals surface area (Å²) < 4.78 is 11.5. The number of aromatic nitrogens is 5. The Balaban J connectivity index is 0.000000182. The van der Waals surface area contributed by atoms with Gasteiger partial charge in [-0.3, -0.25) is 19.2 Å². The number of carbonyl (C=O) groups is 3. The van der Waals surface area contributed by atoms with Gasteiger partial charge in [0.2, 0.25) is 11.8 Å². The SMILES string of the molecule is CC1=C(c2ccc(C(N)=O)cc2)C(=O)n2nc(-c3ccccc3)c(N3CCCCC3)c2C1.Cc1c(-c2ccc(C(N)=O)cc2)c(=O)n2nc(-c3ccccc3)c(N3CCCCC3)c2n1COCC[Si](C)(C)C. The summed E-state index contributed by atoms with van der Waals surface area (Å²) >= 11 is 0. The Kier molecular flexibility index (Phi) is 14.6. The topological polar surface area (TPSA) is 176 Å². The summed E-state index contributed by atoms with van der Waals surface area (Å²) in [6.45, 7) is 15.8. The van der Waals surface area contributed by atoms with Crippen molar-refractivity contribution in [2.75, 3.05) is 42.6 Å². The number of allylic oxidation sites excluding steroid dienone is 2. The molecule has 0 bridgehead atoms. The second-order valence-electron chi connectivity index (χ2n) is 20.4. The van der Waals surface area contributed by atoms with Crippen LogP contribution in [0.1, 0.15) is 87.9 Å². The molecule has 0 aliphatic carbocycles. The first-order chi connectivity index (χ1) is 34.7. The molecule has 0 saturated carbocycles. The third-order valence-corrected chi connectivity index (χ3v) is 15.8. The fourth-order valence-electron chi connectivity index (χ4n) is 10.2. The van der Waals surface area contributed by atoms with Crippen LogP contribution < -0.4 is 26.8 Å². The van der Waals surface area contributed by atoms with Crippen molar-refractivity contribution in [1.29, 1.82) is 0 Å². The second-order valence-corrected chi connectivity index (χ2v) is 26.0. The van der Waals surface area contributed by atoms with Crippen LogP contribution in [-0.4, -0.2) is 82.5 Å². The molecule has 2 saturated heterocycles. The largest absolute Gasteiger partial charge is 0.368 e. The summed E-state index contributed by atoms with van der Waals surface area (Å²) in [4.78, 5) is 55.8. The fourth-order valence-corrected chi connectivity index (χ4v) is 10.9. The molecule has 3 aromatic heterocycles. The fraction of sp³-hybridized carbons (Fsp3) is 0.333. The van der Waals surface area contributed by atoms with Crippen molar-refractivity contribution in [1.82, 2.24) is 24.0 Å². The zero-order chi connectivity index (χ0) is 50.7. The maximum absolute atomic E-state index is 14.2. The Morgan fingerprint density at radius 2 is 1.12 bits per heavy atom. The first-order valence-corrected chi connectivity index (χ1v) is 28.9. The van der Waals surface area contributed by atoms with Crippen LogP contribution in [0, 0.1) is 6.92 Å². The monoisotopic (exact) mass is 983 g/mol. The van der Waals surface area contributed by atoms with E-state index in [4.69, 9.17) is 26.4 Å². The summed E-state index contributed by atoms with van der Waals surface area (Å²) in [5, 5.41) is 9.83. The van der Waals surface area contributed by atoms with E-state index in [0.717, 1.165) is 120 Å². The van der Waals surface area contributed by atoms with Crippen LogP contribution in [0.25, 0.3) is 44.9 Å². The minimum Gasteiger partial charge on any atom is -0.368 e. The molecule has 3 aliphatic heterocycles. The van der Waals surface area contributed by atoms with Gasteiger partial charge in [-0.25, -0.2) is 0 Å². The maximum atomic E-state index is 14.2. The number of anilines is 2. The van der Waals surface area contributed by atoms with Gasteiger partial charge in [0.1, 0.15) is 23.8 Å². The van der Waals surface area contributed by atoms with Gasteiger partial charge in [0.25, 0.3) is 11.5 Å². The van der Waals surface area contributed by atoms with Gasteiger partial charge in [-0.2, -0.15) is 19.4 Å². The number of nitrogens with zero attached hydrogens (tertiary/aromatic N) is 7. The number of rotatable bonds is 13. The average Bonchev–Trinajstić information content (AvgIpc) is 3.98. The van der Waals surface area contributed by atoms with E-state index >= 15 is 0 Å². The van der Waals surface area contributed by atoms with Gasteiger partial charge in [-0.05, 0) is 93.8 Å². The van der Waals surface area contributed by atoms with Crippen molar-refractivity contribution in [3.8, 4) is 33.6 Å². The molecule has 0 unspecified atom stereocenters. The van der Waals surface area contributed by atoms with E-state index in [2.05, 4.69) is 46.1 Å². The standard InChI is InChI=1S/C31H39N5O3Si.C26H26N4O2/c1-22-26(23-13-15-25(16-14-23)29(32)37)31(38)36-30(35(22)21-39-19-20-40(2,3)4)28(34-17-9-6-10-18-34)27(33-36)24-11-7-5-8-12-24;1-17-16-21-24(29-14-6-3-7-15-29)23(19-8-4-2-5-9-19)28-30(21)26(32)22(17)18-10-12-20(13-11-18)25(27)31/h5,7-8,11-16H,6,9-10,17-21H2,1-4H3,(H2,32,37);2,4-5,8-13H,3,6-7,14-16H2,1H3,(H2,27,31). The van der Waals surface area contributed by atoms with Crippen molar-refractivity contribution in [3.05, 3.63) is 153 Å². The number of piperidine rings is 2. The van der Waals surface area contributed by atoms with Gasteiger partial charge in [0.05, 0.1) is 16.9 Å². The molecule has 7 aromatic rings. The summed E-state index contributed by atoms with van der Waals surface area (Å²) in [6, 6.07) is 35.0. The third-order valence-electron chi connectivity index (χ3n) is 14.1. The van der Waals surface area contributed by atoms with Gasteiger partial charge in [-0.15, -0.1) is 0 Å². The lowest BCUT2D eigenvalue weighted by Crippen LogP contribution is -2.31. The zero-order valence-electron chi connectivity index (χ0n) is 42.1. The first-order valence-electron chi connectivity index (χ1n) is 25.2. The maximum Gasteiger partial charge on any atom is 0.282 e. The molecule has 3 aliphatic rings. The van der Waals surface area contributed by atoms with E-state index in [1.165, 1.54) is 12.8 Å². The molecule has 6 heterocycles. The van der Waals surface area contributed by atoms with Gasteiger partial charge in [0.15, 0.2) is 5.65 Å². The van der Waals surface area contributed by atoms with E-state index in [1.54, 1.807) is 57.7 Å². The van der Waals surface area contributed by atoms with Gasteiger partial charge in [-0.1, -0.05) is 110 Å². The molecule has 2 fully saturated rings. The molecule has 372 valence electrons. The van der Waals surface area contributed by atoms with Crippen molar-refractivity contribution in [3.63, 3.8) is 0 Å². The van der Waals surface area contributed by atoms with Gasteiger partial charge in [0, 0.05) is 80.8 Å². The number of amides is 2. The highest BCUT2D eigenvalue weighted by Crippen LogP contribution is 2.41. The van der Waals surface area contributed by atoms with Gasteiger partial charge < -0.3 is 30.6 Å². The van der Waals surface area contributed by atoms with Crippen molar-refractivity contribution < 1.29 is 19.1 Å². The highest BCUT2D eigenvalue weighted by Gasteiger charge is 2.34. The molecule has 72 heavy (non-hydrogen) atoms. The Hall–Kier alpha value is -7.36. The number of nitrogens with two attached hydrogens (primary N) is 2. The van der Waals surface area contributed by atoms with Crippen LogP contribution in [0.3, 0.4) is 0 Å². The summed E-state index contributed by atoms with van der Waals surface area (Å²) in [5.41, 5.74) is 23.4. The molecule has 14 nitrogen and oxygen atoms in total. The van der Waals surface area contributed by atoms with Crippen LogP contribution in [0.5, 0.6) is 0 Å². The predicted molar refractivity (Wildman–Crippen MR) is 289 cm³/mol. The Morgan fingerprint density at radius 1 is 0.625 bits per heavy atom. The van der Waals surface area contributed by atoms with Crippen LogP contribution >= 0.6 is 0 Å². The zero-order valence-corrected chi connectivity index (χ0v) is 43.1. The molecular formula is C57H65N9O5Si. The molecule has 0 radical (unpaired) electrons. The number of hydrogen-bond acceptors (Lipinski definition) is 9. The minimum atomic E-state index is -1.28. The highest BCUT2D eigenvalue weighted by molar-refractivity contribution is 6.76. The van der Waals surface area contributed by atoms with Crippen LogP contribution in [0.15, 0.2) is 120 Å². The van der Waals surface area contributed by atoms with Gasteiger partial charge >= 0.3 is 0 Å². The third kappa shape index (κ3) is 10.2. The lowest BCUT2D eigenvalue weighted by molar-refractivity contribution is 0.0878. The van der Waals surface area contributed by atoms with E-state index in [0.29, 0.717) is 47.6 Å². The lowest BCUT2D eigenvalue weighted by Gasteiger charge is -2.30. The summed E-state index contributed by atoms with van der Waals surface area (Å²) in [7, 11) is -1.28. The molecule has 10 rings (SSSR count). The summed E-state index contributed by atoms with van der Waals surface area (Å²) in [6.07, 6.45) is 7.61. The van der Waals surface area contributed by atoms with E-state index in [9.17, 15) is 19.2 Å². The number of hydrogen-bond donors (Lipinski definition) is 2. The van der Waals surface area contributed by atoms with Crippen molar-refractivity contribution in [2.24, 2.45) is 11.5 Å². The lowest BCUT2D eigenvalue weighted by atomic mass is 9.92. The van der Waals surface area contributed by atoms with Crippen LogP contribution in [0.4, 0.5) is 11.4 Å². The normalized spacial score (nSPS) is 15.1. The number of ether oxygens (including phenoxy) is 1. The van der Waals surface area contributed by atoms with Crippen molar-refractivity contribution >= 4 is 48.4 Å². The quantitative estimate of drug-likeness (QED) is 0.0841. The van der Waals surface area contributed by atoms with Crippen molar-refractivity contribution in [2.45, 2.75) is 91.2 Å². The van der Waals surface area contributed by atoms with E-state index in [-0.39, 0.29) is 11.5 Å². The van der Waals surface area contributed by atoms with Crippen LogP contribution in [-0.2, 0) is 17.9 Å².